The van der Waals surface area contributed by atoms with E-state index in [-0.39, 0.29) is 24.4 Å². The van der Waals surface area contributed by atoms with Crippen molar-refractivity contribution in [2.24, 2.45) is 0 Å². The molecule has 0 saturated heterocycles. The number of amides is 3. The first-order valence-electron chi connectivity index (χ1n) is 16.7. The van der Waals surface area contributed by atoms with Gasteiger partial charge < -0.3 is 35.6 Å². The number of hydrogen-bond donors (Lipinski definition) is 5. The summed E-state index contributed by atoms with van der Waals surface area (Å²) in [5, 5.41) is 21.2. The number of hydrogen-bond acceptors (Lipinski definition) is 5. The number of methoxy groups -OCH3 is 1. The molecule has 0 saturated carbocycles. The summed E-state index contributed by atoms with van der Waals surface area (Å²) in [6.07, 6.45) is 1.34. The van der Waals surface area contributed by atoms with Crippen molar-refractivity contribution in [1.82, 2.24) is 25.9 Å². The van der Waals surface area contributed by atoms with Crippen molar-refractivity contribution in [3.8, 4) is 17.0 Å². The average molecular weight is 709 g/mol. The molecule has 1 atom stereocenters. The van der Waals surface area contributed by atoms with E-state index >= 15 is 0 Å². The molecule has 0 bridgehead atoms. The lowest BCUT2D eigenvalue weighted by Gasteiger charge is -2.15. The van der Waals surface area contributed by atoms with Crippen LogP contribution in [0.5, 0.6) is 5.75 Å². The molecule has 6 N–H and O–H groups in total. The summed E-state index contributed by atoms with van der Waals surface area (Å²) in [4.78, 5) is 44.6. The van der Waals surface area contributed by atoms with Crippen molar-refractivity contribution in [2.75, 3.05) is 20.2 Å². The Kier molecular flexibility index (Phi) is 13.5. The number of aliphatic carboxylic acids is 1. The van der Waals surface area contributed by atoms with Gasteiger partial charge in [-0.2, -0.15) is 13.2 Å². The summed E-state index contributed by atoms with van der Waals surface area (Å²) in [6.45, 7) is 5.35. The van der Waals surface area contributed by atoms with Crippen LogP contribution >= 0.6 is 0 Å². The zero-order valence-electron chi connectivity index (χ0n) is 28.8. The molecule has 272 valence electrons. The van der Waals surface area contributed by atoms with Crippen LogP contribution in [0.25, 0.3) is 32.9 Å². The molecule has 0 fully saturated rings. The third-order valence-corrected chi connectivity index (χ3v) is 8.30. The number of carbonyl (C=O) groups excluding carboxylic acids is 3. The van der Waals surface area contributed by atoms with E-state index in [4.69, 9.17) is 14.6 Å². The lowest BCUT2D eigenvalue weighted by molar-refractivity contribution is -0.391. The van der Waals surface area contributed by atoms with E-state index < -0.39 is 12.1 Å². The fourth-order valence-electron chi connectivity index (χ4n) is 5.59. The molecule has 0 spiro atoms. The van der Waals surface area contributed by atoms with E-state index in [2.05, 4.69) is 68.2 Å². The predicted molar refractivity (Wildman–Crippen MR) is 186 cm³/mol. The maximum atomic E-state index is 13.5. The first kappa shape index (κ1) is 38.3. The first-order valence-corrected chi connectivity index (χ1v) is 16.7. The van der Waals surface area contributed by atoms with Crippen LogP contribution in [0, 0.1) is 6.92 Å². The summed E-state index contributed by atoms with van der Waals surface area (Å²) < 4.78 is 37.0. The number of benzene rings is 3. The summed E-state index contributed by atoms with van der Waals surface area (Å²) in [7, 11) is 1.64. The van der Waals surface area contributed by atoms with Crippen LogP contribution in [0.2, 0.25) is 0 Å². The quantitative estimate of drug-likeness (QED) is 0.0972. The molecule has 3 aromatic carbocycles. The molecule has 0 aliphatic rings. The number of aromatic amines is 3. The number of carboxylic acids is 1. The normalized spacial score (nSPS) is 11.8. The number of fused-ring (bicyclic) bond motifs is 2. The molecular formula is C37H43F3N6O5. The smallest absolute Gasteiger partial charge is 0.430 e. The maximum absolute atomic E-state index is 13.5. The highest BCUT2D eigenvalue weighted by atomic mass is 19.4. The van der Waals surface area contributed by atoms with Crippen molar-refractivity contribution in [2.45, 2.75) is 64.6 Å². The second-order valence-electron chi connectivity index (χ2n) is 12.1. The molecule has 5 rings (SSSR count). The molecule has 14 heteroatoms. The van der Waals surface area contributed by atoms with Gasteiger partial charge in [0.2, 0.25) is 5.91 Å². The van der Waals surface area contributed by atoms with E-state index in [1.165, 1.54) is 10.8 Å². The molecule has 0 unspecified atom stereocenters. The molecular weight excluding hydrogens is 665 g/mol. The number of nitrogens with one attached hydrogen (secondary N) is 6. The van der Waals surface area contributed by atoms with Crippen LogP contribution in [-0.2, 0) is 16.0 Å². The molecule has 51 heavy (non-hydrogen) atoms. The van der Waals surface area contributed by atoms with Gasteiger partial charge in [-0.25, -0.2) is 14.8 Å². The number of aryl methyl sites for hydroxylation is 1. The van der Waals surface area contributed by atoms with E-state index in [9.17, 15) is 22.8 Å². The predicted octanol–water partition coefficient (Wildman–Crippen LogP) is 5.42. The van der Waals surface area contributed by atoms with Crippen LogP contribution in [0.1, 0.15) is 62.2 Å². The summed E-state index contributed by atoms with van der Waals surface area (Å²) >= 11 is 0. The number of ether oxygens (including phenoxy) is 1. The topological polar surface area (TPSA) is 165 Å². The minimum absolute atomic E-state index is 0.0644. The highest BCUT2D eigenvalue weighted by Gasteiger charge is 2.29. The number of urea groups is 1. The molecule has 0 aliphatic carbocycles. The average Bonchev–Trinajstić information content (AvgIpc) is 3.71. The zero-order valence-corrected chi connectivity index (χ0v) is 28.8. The summed E-state index contributed by atoms with van der Waals surface area (Å²) in [6, 6.07) is 20.2. The van der Waals surface area contributed by atoms with Gasteiger partial charge in [-0.1, -0.05) is 43.7 Å². The third-order valence-electron chi connectivity index (χ3n) is 8.30. The Hall–Kier alpha value is -5.53. The minimum atomic E-state index is -5.19. The van der Waals surface area contributed by atoms with Crippen LogP contribution in [0.3, 0.4) is 0 Å². The Labute approximate surface area is 293 Å². The van der Waals surface area contributed by atoms with Crippen molar-refractivity contribution in [3.05, 3.63) is 83.9 Å². The highest BCUT2D eigenvalue weighted by molar-refractivity contribution is 5.91. The van der Waals surface area contributed by atoms with Crippen LogP contribution in [-0.4, -0.2) is 54.3 Å². The molecule has 11 nitrogen and oxygen atoms in total. The Balaban J connectivity index is 0.000000755. The number of aromatic nitrogens is 3. The minimum Gasteiger partial charge on any atom is -0.542 e. The van der Waals surface area contributed by atoms with Crippen molar-refractivity contribution in [1.29, 1.82) is 0 Å². The second kappa shape index (κ2) is 17.9. The highest BCUT2D eigenvalue weighted by Crippen LogP contribution is 2.28. The van der Waals surface area contributed by atoms with Gasteiger partial charge in [-0.3, -0.25) is 4.79 Å². The maximum Gasteiger partial charge on any atom is 0.430 e. The van der Waals surface area contributed by atoms with Crippen molar-refractivity contribution in [3.63, 3.8) is 0 Å². The molecule has 3 amide bonds. The lowest BCUT2D eigenvalue weighted by atomic mass is 10.0. The Bertz CT molecular complexity index is 1940. The van der Waals surface area contributed by atoms with E-state index in [1.54, 1.807) is 7.11 Å². The Morgan fingerprint density at radius 3 is 2.33 bits per heavy atom. The van der Waals surface area contributed by atoms with Gasteiger partial charge in [0.25, 0.3) is 5.82 Å². The zero-order chi connectivity index (χ0) is 37.0. The van der Waals surface area contributed by atoms with Gasteiger partial charge in [0, 0.05) is 35.2 Å². The summed E-state index contributed by atoms with van der Waals surface area (Å²) in [5.74, 6) is -1.48. The number of H-pyrrole nitrogens is 3. The molecule has 2 aromatic heterocycles. The number of alkyl halides is 3. The Morgan fingerprint density at radius 2 is 1.65 bits per heavy atom. The lowest BCUT2D eigenvalue weighted by Crippen LogP contribution is -2.37. The van der Waals surface area contributed by atoms with E-state index in [0.29, 0.717) is 19.5 Å². The first-order chi connectivity index (χ1) is 24.4. The van der Waals surface area contributed by atoms with Gasteiger partial charge >= 0.3 is 12.2 Å². The molecule has 0 radical (unpaired) electrons. The number of halogens is 3. The number of unbranched alkanes of at least 4 members (excludes halogenated alkanes) is 2. The van der Waals surface area contributed by atoms with Crippen LogP contribution in [0.4, 0.5) is 18.0 Å². The standard InChI is InChI=1S/C35H42N6O3.C2HF3O2/c1-4-5-17-36-35(43)37-18-9-8-12-31(34-38-22-32(41-34)26-14-13-24-10-6-7-11-25(24)19-26)40-33(42)21-28-23(2)39-30-16-15-27(44-3)20-29(28)30;3-2(4,5)1(6)7/h6-7,10-11,13-16,19-20,22,31,39H,4-5,8-9,12,17-18,21H2,1-3H3,(H,38,41)(H,40,42)(H2,36,37,43);(H,6,7)/t31-;/m0./s1. The SMILES string of the molecule is CCCCNC(=O)NCCCC[C@H](NC(=O)Cc1c(C)[nH]c2ccc(OC)cc12)c1[nH]c(-c2ccc3ccccc3c2)c[nH+]1.O=C([O-])C(F)(F)F. The van der Waals surface area contributed by atoms with E-state index in [0.717, 1.165) is 70.7 Å². The van der Waals surface area contributed by atoms with Gasteiger partial charge in [0.05, 0.1) is 13.5 Å². The molecule has 2 heterocycles. The van der Waals surface area contributed by atoms with Crippen molar-refractivity contribution >= 4 is 39.6 Å². The van der Waals surface area contributed by atoms with Gasteiger partial charge in [0.15, 0.2) is 5.69 Å². The number of carboxylic acid groups (broad SMARTS) is 1. The third kappa shape index (κ3) is 11.0. The fourth-order valence-corrected chi connectivity index (χ4v) is 5.59. The number of imidazole rings is 1. The van der Waals surface area contributed by atoms with Gasteiger partial charge in [-0.05, 0) is 79.3 Å². The number of rotatable bonds is 14. The summed E-state index contributed by atoms with van der Waals surface area (Å²) in [5.41, 5.74) is 4.92. The van der Waals surface area contributed by atoms with Crippen molar-refractivity contribution < 1.29 is 42.4 Å². The van der Waals surface area contributed by atoms with E-state index in [1.807, 2.05) is 43.5 Å². The Morgan fingerprint density at radius 1 is 0.941 bits per heavy atom. The fraction of sp³-hybridized carbons (Fsp3) is 0.351. The molecule has 0 aliphatic heterocycles. The van der Waals surface area contributed by atoms with Gasteiger partial charge in [0.1, 0.15) is 24.0 Å². The van der Waals surface area contributed by atoms with Gasteiger partial charge in [-0.15, -0.1) is 0 Å². The van der Waals surface area contributed by atoms with Crippen LogP contribution < -0.4 is 30.8 Å². The number of carbonyl (C=O) groups is 3. The molecule has 5 aromatic rings. The second-order valence-corrected chi connectivity index (χ2v) is 12.1. The largest absolute Gasteiger partial charge is 0.542 e. The monoisotopic (exact) mass is 708 g/mol. The van der Waals surface area contributed by atoms with Crippen LogP contribution in [0.15, 0.2) is 66.9 Å².